The Bertz CT molecular complexity index is 1080. The second kappa shape index (κ2) is 5.98. The van der Waals surface area contributed by atoms with Gasteiger partial charge in [-0.1, -0.05) is 12.1 Å². The predicted molar refractivity (Wildman–Crippen MR) is 84.5 cm³/mol. The van der Waals surface area contributed by atoms with Crippen molar-refractivity contribution in [3.05, 3.63) is 72.2 Å². The number of hydrogen-bond donors (Lipinski definition) is 1. The first-order chi connectivity index (χ1) is 12.4. The van der Waals surface area contributed by atoms with Crippen LogP contribution in [0.1, 0.15) is 11.5 Å². The molecule has 1 N–H and O–H groups in total. The summed E-state index contributed by atoms with van der Waals surface area (Å²) < 4.78 is 58.2. The molecule has 0 bridgehead atoms. The van der Waals surface area contributed by atoms with E-state index in [1.807, 2.05) is 0 Å². The number of aromatic amines is 1. The summed E-state index contributed by atoms with van der Waals surface area (Å²) in [5.41, 5.74) is 1.60. The number of benzene rings is 1. The van der Waals surface area contributed by atoms with E-state index in [1.54, 1.807) is 41.2 Å². The summed E-state index contributed by atoms with van der Waals surface area (Å²) in [5, 5.41) is 0. The molecule has 0 unspecified atom stereocenters. The second-order valence-corrected chi connectivity index (χ2v) is 5.75. The first kappa shape index (κ1) is 16.3. The molecule has 0 saturated heterocycles. The van der Waals surface area contributed by atoms with Crippen LogP contribution < -0.4 is 4.57 Å². The minimum Gasteiger partial charge on any atom is -0.450 e. The van der Waals surface area contributed by atoms with Crippen molar-refractivity contribution in [3.63, 3.8) is 0 Å². The van der Waals surface area contributed by atoms with Crippen LogP contribution in [0.5, 0.6) is 0 Å². The molecule has 0 aliphatic heterocycles. The molecule has 0 aliphatic carbocycles. The average molecular weight is 362 g/mol. The van der Waals surface area contributed by atoms with Gasteiger partial charge in [0.25, 0.3) is 0 Å². The fourth-order valence-electron chi connectivity index (χ4n) is 2.68. The van der Waals surface area contributed by atoms with Gasteiger partial charge in [0.15, 0.2) is 18.2 Å². The van der Waals surface area contributed by atoms with Gasteiger partial charge in [0.1, 0.15) is 22.7 Å². The first-order valence-corrected chi connectivity index (χ1v) is 7.70. The molecule has 4 aromatic rings. The van der Waals surface area contributed by atoms with Crippen LogP contribution >= 0.6 is 0 Å². The van der Waals surface area contributed by atoms with Gasteiger partial charge in [-0.25, -0.2) is 9.37 Å². The maximum Gasteiger partial charge on any atom is 0.449 e. The minimum absolute atomic E-state index is 0.125. The molecular formula is C18H12F4N3O+. The summed E-state index contributed by atoms with van der Waals surface area (Å²) in [6.07, 6.45) is -1.16. The zero-order chi connectivity index (χ0) is 18.3. The summed E-state index contributed by atoms with van der Waals surface area (Å²) in [6, 6.07) is 10.2. The van der Waals surface area contributed by atoms with E-state index in [9.17, 15) is 17.6 Å². The molecule has 0 aliphatic rings. The van der Waals surface area contributed by atoms with E-state index in [4.69, 9.17) is 4.42 Å². The Morgan fingerprint density at radius 1 is 1.08 bits per heavy atom. The zero-order valence-corrected chi connectivity index (χ0v) is 13.2. The van der Waals surface area contributed by atoms with E-state index in [0.29, 0.717) is 22.4 Å². The topological polar surface area (TPSA) is 45.7 Å². The van der Waals surface area contributed by atoms with Gasteiger partial charge in [0.05, 0.1) is 5.56 Å². The number of hydrogen-bond acceptors (Lipinski definition) is 2. The zero-order valence-electron chi connectivity index (χ0n) is 13.2. The van der Waals surface area contributed by atoms with Gasteiger partial charge in [0.2, 0.25) is 12.3 Å². The minimum atomic E-state index is -4.51. The molecule has 3 heterocycles. The molecule has 3 aromatic heterocycles. The fraction of sp³-hybridized carbons (Fsp3) is 0.111. The van der Waals surface area contributed by atoms with Crippen molar-refractivity contribution in [2.75, 3.05) is 0 Å². The van der Waals surface area contributed by atoms with Crippen molar-refractivity contribution in [2.24, 2.45) is 0 Å². The number of imidazole rings is 1. The standard InChI is InChI=1S/C18H11F4N3O/c19-13-4-2-1-3-12(13)17-23-14-7-8-25(10-15(14)24-17)9-11-5-6-16(26-11)18(20,21)22/h1-8,10H,9H2/p+1. The molecule has 0 atom stereocenters. The summed E-state index contributed by atoms with van der Waals surface area (Å²) in [6.45, 7) is 0.125. The number of H-pyrrole nitrogens is 1. The quantitative estimate of drug-likeness (QED) is 0.436. The Balaban J connectivity index is 1.64. The van der Waals surface area contributed by atoms with Crippen LogP contribution in [-0.2, 0) is 12.7 Å². The van der Waals surface area contributed by atoms with Gasteiger partial charge in [-0.2, -0.15) is 17.7 Å². The van der Waals surface area contributed by atoms with Gasteiger partial charge in [-0.05, 0) is 24.3 Å². The van der Waals surface area contributed by atoms with Crippen LogP contribution in [0.4, 0.5) is 17.6 Å². The number of rotatable bonds is 3. The summed E-state index contributed by atoms with van der Waals surface area (Å²) in [5.74, 6) is -0.865. The molecule has 0 fully saturated rings. The molecule has 26 heavy (non-hydrogen) atoms. The highest BCUT2D eigenvalue weighted by atomic mass is 19.4. The van der Waals surface area contributed by atoms with E-state index < -0.39 is 17.8 Å². The van der Waals surface area contributed by atoms with E-state index in [2.05, 4.69) is 9.97 Å². The van der Waals surface area contributed by atoms with Gasteiger partial charge < -0.3 is 9.40 Å². The summed E-state index contributed by atoms with van der Waals surface area (Å²) >= 11 is 0. The average Bonchev–Trinajstić information content (AvgIpc) is 3.21. The van der Waals surface area contributed by atoms with Crippen molar-refractivity contribution in [3.8, 4) is 11.4 Å². The third-order valence-corrected chi connectivity index (χ3v) is 3.89. The lowest BCUT2D eigenvalue weighted by atomic mass is 10.2. The van der Waals surface area contributed by atoms with E-state index in [1.165, 1.54) is 12.1 Å². The van der Waals surface area contributed by atoms with Crippen molar-refractivity contribution >= 4 is 11.0 Å². The Hall–Kier alpha value is -3.16. The van der Waals surface area contributed by atoms with Crippen LogP contribution in [0.2, 0.25) is 0 Å². The number of nitrogens with one attached hydrogen (secondary N) is 1. The number of nitrogens with zero attached hydrogens (tertiary/aromatic N) is 2. The van der Waals surface area contributed by atoms with E-state index in [-0.39, 0.29) is 12.3 Å². The molecule has 0 amide bonds. The van der Waals surface area contributed by atoms with E-state index >= 15 is 0 Å². The Morgan fingerprint density at radius 3 is 2.62 bits per heavy atom. The molecule has 0 spiro atoms. The van der Waals surface area contributed by atoms with Gasteiger partial charge in [0, 0.05) is 6.07 Å². The van der Waals surface area contributed by atoms with E-state index in [0.717, 1.165) is 6.07 Å². The Kier molecular flexibility index (Phi) is 3.75. The molecular weight excluding hydrogens is 350 g/mol. The van der Waals surface area contributed by atoms with Crippen LogP contribution in [-0.4, -0.2) is 9.97 Å². The molecule has 1 aromatic carbocycles. The normalized spacial score (nSPS) is 12.0. The predicted octanol–water partition coefficient (Wildman–Crippen LogP) is 4.32. The lowest BCUT2D eigenvalue weighted by Crippen LogP contribution is -2.32. The van der Waals surface area contributed by atoms with Crippen molar-refractivity contribution in [2.45, 2.75) is 12.7 Å². The smallest absolute Gasteiger partial charge is 0.449 e. The van der Waals surface area contributed by atoms with Gasteiger partial charge in [-0.3, -0.25) is 0 Å². The number of pyridine rings is 1. The molecule has 4 rings (SSSR count). The molecule has 0 saturated carbocycles. The number of fused-ring (bicyclic) bond motifs is 1. The fourth-order valence-corrected chi connectivity index (χ4v) is 2.68. The van der Waals surface area contributed by atoms with Crippen molar-refractivity contribution in [1.82, 2.24) is 9.97 Å². The SMILES string of the molecule is Fc1ccccc1-c1nc2cc[n+](Cc3ccc(C(F)(F)F)o3)cc2[nH]1. The van der Waals surface area contributed by atoms with Gasteiger partial charge >= 0.3 is 6.18 Å². The number of halogens is 4. The van der Waals surface area contributed by atoms with Crippen molar-refractivity contribution < 1.29 is 26.5 Å². The molecule has 132 valence electrons. The first-order valence-electron chi connectivity index (χ1n) is 7.70. The summed E-state index contributed by atoms with van der Waals surface area (Å²) in [4.78, 5) is 7.37. The van der Waals surface area contributed by atoms with Crippen LogP contribution in [0.3, 0.4) is 0 Å². The Morgan fingerprint density at radius 2 is 1.88 bits per heavy atom. The second-order valence-electron chi connectivity index (χ2n) is 5.75. The molecule has 8 heteroatoms. The number of alkyl halides is 3. The third-order valence-electron chi connectivity index (χ3n) is 3.89. The lowest BCUT2D eigenvalue weighted by Gasteiger charge is -2.00. The number of aromatic nitrogens is 3. The van der Waals surface area contributed by atoms with Crippen molar-refractivity contribution in [1.29, 1.82) is 0 Å². The third kappa shape index (κ3) is 3.05. The van der Waals surface area contributed by atoms with Crippen LogP contribution in [0, 0.1) is 5.82 Å². The van der Waals surface area contributed by atoms with Gasteiger partial charge in [-0.15, -0.1) is 0 Å². The number of furan rings is 1. The molecule has 0 radical (unpaired) electrons. The van der Waals surface area contributed by atoms with Crippen LogP contribution in [0.25, 0.3) is 22.4 Å². The maximum atomic E-state index is 13.9. The largest absolute Gasteiger partial charge is 0.450 e. The van der Waals surface area contributed by atoms with Crippen LogP contribution in [0.15, 0.2) is 59.3 Å². The highest BCUT2D eigenvalue weighted by Gasteiger charge is 2.35. The summed E-state index contributed by atoms with van der Waals surface area (Å²) in [7, 11) is 0. The highest BCUT2D eigenvalue weighted by molar-refractivity contribution is 5.77. The monoisotopic (exact) mass is 362 g/mol. The molecule has 4 nitrogen and oxygen atoms in total. The highest BCUT2D eigenvalue weighted by Crippen LogP contribution is 2.30. The maximum absolute atomic E-state index is 13.9. The Labute approximate surface area is 144 Å². The lowest BCUT2D eigenvalue weighted by molar-refractivity contribution is -0.688.